The molecule has 0 radical (unpaired) electrons. The van der Waals surface area contributed by atoms with E-state index >= 15 is 0 Å². The first kappa shape index (κ1) is 17.6. The van der Waals surface area contributed by atoms with Gasteiger partial charge in [-0.3, -0.25) is 4.79 Å². The van der Waals surface area contributed by atoms with E-state index in [1.54, 1.807) is 24.3 Å². The third-order valence-electron chi connectivity index (χ3n) is 4.21. The predicted molar refractivity (Wildman–Crippen MR) is 100 cm³/mol. The summed E-state index contributed by atoms with van der Waals surface area (Å²) in [6.07, 6.45) is 0. The molecule has 0 fully saturated rings. The van der Waals surface area contributed by atoms with Crippen molar-refractivity contribution in [2.24, 2.45) is 0 Å². The number of benzene rings is 3. The lowest BCUT2D eigenvalue weighted by atomic mass is 9.98. The van der Waals surface area contributed by atoms with E-state index in [4.69, 9.17) is 9.84 Å². The highest BCUT2D eigenvalue weighted by molar-refractivity contribution is 5.97. The molecule has 0 amide bonds. The van der Waals surface area contributed by atoms with E-state index in [9.17, 15) is 9.59 Å². The van der Waals surface area contributed by atoms with Crippen LogP contribution in [-0.4, -0.2) is 30.6 Å². The number of ketones is 1. The lowest BCUT2D eigenvalue weighted by Crippen LogP contribution is -2.03. The number of hydrogen-bond donors (Lipinski definition) is 1. The van der Waals surface area contributed by atoms with Gasteiger partial charge in [-0.05, 0) is 34.4 Å². The van der Waals surface area contributed by atoms with Crippen LogP contribution in [0.2, 0.25) is 0 Å². The molecule has 0 aromatic heterocycles. The topological polar surface area (TPSA) is 63.6 Å². The van der Waals surface area contributed by atoms with Crippen molar-refractivity contribution in [1.29, 1.82) is 0 Å². The summed E-state index contributed by atoms with van der Waals surface area (Å²) in [4.78, 5) is 23.0. The van der Waals surface area contributed by atoms with Crippen LogP contribution >= 0.6 is 0 Å². The first-order valence-corrected chi connectivity index (χ1v) is 8.15. The number of esters is 1. The Bertz CT molecular complexity index is 829. The SMILES string of the molecule is COC(=O)c1ccc(-c2ccc(-c3ccc(C(=O)CO)cc3)cc2)cc1. The molecule has 3 aromatic rings. The van der Waals surface area contributed by atoms with E-state index in [-0.39, 0.29) is 11.8 Å². The molecule has 0 aliphatic rings. The number of carbonyl (C=O) groups excluding carboxylic acids is 2. The van der Waals surface area contributed by atoms with Crippen molar-refractivity contribution in [3.8, 4) is 22.3 Å². The first-order valence-electron chi connectivity index (χ1n) is 8.15. The minimum atomic E-state index is -0.483. The Morgan fingerprint density at radius 1 is 0.692 bits per heavy atom. The van der Waals surface area contributed by atoms with E-state index < -0.39 is 6.61 Å². The summed E-state index contributed by atoms with van der Waals surface area (Å²) in [5, 5.41) is 8.90. The Hall–Kier alpha value is -3.24. The molecule has 130 valence electrons. The van der Waals surface area contributed by atoms with Gasteiger partial charge < -0.3 is 9.84 Å². The maximum atomic E-state index is 11.5. The van der Waals surface area contributed by atoms with E-state index in [1.807, 2.05) is 48.5 Å². The standard InChI is InChI=1S/C22H18O4/c1-26-22(25)20-12-8-18(9-13-20)16-4-2-15(3-5-16)17-6-10-19(11-7-17)21(24)14-23/h2-13,23H,14H2,1H3. The van der Waals surface area contributed by atoms with Gasteiger partial charge in [0.1, 0.15) is 6.61 Å². The Morgan fingerprint density at radius 2 is 1.04 bits per heavy atom. The van der Waals surface area contributed by atoms with Gasteiger partial charge in [0.05, 0.1) is 12.7 Å². The number of aliphatic hydroxyl groups excluding tert-OH is 1. The Kier molecular flexibility index (Phi) is 5.25. The molecular weight excluding hydrogens is 328 g/mol. The average Bonchev–Trinajstić information content (AvgIpc) is 2.73. The summed E-state index contributed by atoms with van der Waals surface area (Å²) in [5.74, 6) is -0.641. The molecule has 4 heteroatoms. The predicted octanol–water partition coefficient (Wildman–Crippen LogP) is 3.98. The van der Waals surface area contributed by atoms with Crippen molar-refractivity contribution in [2.75, 3.05) is 13.7 Å². The number of carbonyl (C=O) groups is 2. The van der Waals surface area contributed by atoms with Crippen LogP contribution in [0.5, 0.6) is 0 Å². The molecule has 0 atom stereocenters. The number of methoxy groups -OCH3 is 1. The molecule has 0 aliphatic carbocycles. The molecule has 4 nitrogen and oxygen atoms in total. The van der Waals surface area contributed by atoms with E-state index in [2.05, 4.69) is 0 Å². The van der Waals surface area contributed by atoms with Crippen molar-refractivity contribution in [3.63, 3.8) is 0 Å². The molecule has 0 spiro atoms. The number of Topliss-reactive ketones (excluding diaryl/α,β-unsaturated/α-hetero) is 1. The molecule has 0 saturated carbocycles. The second-order valence-electron chi connectivity index (χ2n) is 5.80. The van der Waals surface area contributed by atoms with Crippen molar-refractivity contribution < 1.29 is 19.4 Å². The van der Waals surface area contributed by atoms with Gasteiger partial charge in [-0.1, -0.05) is 60.7 Å². The van der Waals surface area contributed by atoms with Gasteiger partial charge in [0, 0.05) is 5.56 Å². The molecule has 1 N–H and O–H groups in total. The van der Waals surface area contributed by atoms with Gasteiger partial charge in [-0.2, -0.15) is 0 Å². The highest BCUT2D eigenvalue weighted by Gasteiger charge is 2.07. The summed E-state index contributed by atoms with van der Waals surface area (Å²) >= 11 is 0. The van der Waals surface area contributed by atoms with Crippen LogP contribution < -0.4 is 0 Å². The first-order chi connectivity index (χ1) is 12.6. The fraction of sp³-hybridized carbons (Fsp3) is 0.0909. The van der Waals surface area contributed by atoms with Gasteiger partial charge in [0.25, 0.3) is 0 Å². The van der Waals surface area contributed by atoms with Gasteiger partial charge in [0.15, 0.2) is 5.78 Å². The van der Waals surface area contributed by atoms with Crippen LogP contribution in [-0.2, 0) is 4.74 Å². The largest absolute Gasteiger partial charge is 0.465 e. The second kappa shape index (κ2) is 7.76. The second-order valence-corrected chi connectivity index (χ2v) is 5.80. The zero-order valence-corrected chi connectivity index (χ0v) is 14.3. The zero-order valence-electron chi connectivity index (χ0n) is 14.3. The highest BCUT2D eigenvalue weighted by atomic mass is 16.5. The van der Waals surface area contributed by atoms with E-state index in [1.165, 1.54) is 7.11 Å². The van der Waals surface area contributed by atoms with Crippen molar-refractivity contribution >= 4 is 11.8 Å². The van der Waals surface area contributed by atoms with Crippen molar-refractivity contribution in [1.82, 2.24) is 0 Å². The third-order valence-corrected chi connectivity index (χ3v) is 4.21. The highest BCUT2D eigenvalue weighted by Crippen LogP contribution is 2.25. The quantitative estimate of drug-likeness (QED) is 0.561. The molecule has 0 aliphatic heterocycles. The number of aliphatic hydroxyl groups is 1. The molecule has 0 heterocycles. The van der Waals surface area contributed by atoms with Gasteiger partial charge in [0.2, 0.25) is 0 Å². The monoisotopic (exact) mass is 346 g/mol. The normalized spacial score (nSPS) is 10.4. The van der Waals surface area contributed by atoms with Gasteiger partial charge in [-0.15, -0.1) is 0 Å². The molecule has 26 heavy (non-hydrogen) atoms. The van der Waals surface area contributed by atoms with Crippen molar-refractivity contribution in [2.45, 2.75) is 0 Å². The molecule has 3 aromatic carbocycles. The van der Waals surface area contributed by atoms with Crippen LogP contribution in [0.1, 0.15) is 20.7 Å². The minimum absolute atomic E-state index is 0.290. The fourth-order valence-electron chi connectivity index (χ4n) is 2.71. The maximum absolute atomic E-state index is 11.5. The van der Waals surface area contributed by atoms with Gasteiger partial charge >= 0.3 is 5.97 Å². The Labute approximate surface area is 151 Å². The third kappa shape index (κ3) is 3.71. The Morgan fingerprint density at radius 3 is 1.38 bits per heavy atom. The lowest BCUT2D eigenvalue weighted by Gasteiger charge is -2.07. The zero-order chi connectivity index (χ0) is 18.5. The Balaban J connectivity index is 1.80. The average molecular weight is 346 g/mol. The smallest absolute Gasteiger partial charge is 0.337 e. The van der Waals surface area contributed by atoms with E-state index in [0.29, 0.717) is 11.1 Å². The summed E-state index contributed by atoms with van der Waals surface area (Å²) in [6.45, 7) is -0.483. The summed E-state index contributed by atoms with van der Waals surface area (Å²) in [7, 11) is 1.36. The van der Waals surface area contributed by atoms with Gasteiger partial charge in [-0.25, -0.2) is 4.79 Å². The lowest BCUT2D eigenvalue weighted by molar-refractivity contribution is 0.0600. The van der Waals surface area contributed by atoms with Crippen LogP contribution in [0.4, 0.5) is 0 Å². The molecule has 3 rings (SSSR count). The summed E-state index contributed by atoms with van der Waals surface area (Å²) < 4.78 is 4.70. The van der Waals surface area contributed by atoms with E-state index in [0.717, 1.165) is 22.3 Å². The summed E-state index contributed by atoms with van der Waals surface area (Å²) in [6, 6.07) is 22.4. The van der Waals surface area contributed by atoms with Crippen LogP contribution in [0, 0.1) is 0 Å². The maximum Gasteiger partial charge on any atom is 0.337 e. The fourth-order valence-corrected chi connectivity index (χ4v) is 2.71. The van der Waals surface area contributed by atoms with Crippen LogP contribution in [0.25, 0.3) is 22.3 Å². The van der Waals surface area contributed by atoms with Crippen molar-refractivity contribution in [3.05, 3.63) is 83.9 Å². The van der Waals surface area contributed by atoms with Crippen LogP contribution in [0.3, 0.4) is 0 Å². The molecule has 0 saturated heterocycles. The molecule has 0 bridgehead atoms. The minimum Gasteiger partial charge on any atom is -0.465 e. The molecule has 0 unspecified atom stereocenters. The molecular formula is C22H18O4. The number of hydrogen-bond acceptors (Lipinski definition) is 4. The number of rotatable bonds is 5. The van der Waals surface area contributed by atoms with Crippen LogP contribution in [0.15, 0.2) is 72.8 Å². The number of ether oxygens (including phenoxy) is 1. The summed E-state index contributed by atoms with van der Waals surface area (Å²) in [5.41, 5.74) is 5.09.